The number of hydrogen-bond donors (Lipinski definition) is 0. The van der Waals surface area contributed by atoms with Gasteiger partial charge in [0.15, 0.2) is 0 Å². The Kier molecular flexibility index (Phi) is 21.6. The summed E-state index contributed by atoms with van der Waals surface area (Å²) in [5.41, 5.74) is 0. The summed E-state index contributed by atoms with van der Waals surface area (Å²) in [5.74, 6) is 0.222. The molecule has 0 heterocycles. The summed E-state index contributed by atoms with van der Waals surface area (Å²) in [7, 11) is 0. The molecule has 0 unspecified atom stereocenters. The Hall–Kier alpha value is 0.479. The monoisotopic (exact) mass is 127 g/mol. The number of rotatable bonds is 0. The Labute approximate surface area is 39.8 Å². The van der Waals surface area contributed by atoms with Crippen LogP contribution in [0.4, 0.5) is 0 Å². The fourth-order valence-electron chi connectivity index (χ4n) is 0. The second-order valence-corrected chi connectivity index (χ2v) is 0.267. The van der Waals surface area contributed by atoms with Crippen molar-refractivity contribution in [3.05, 3.63) is 0 Å². The predicted octanol–water partition coefficient (Wildman–Crippen LogP) is 0.413. The van der Waals surface area contributed by atoms with Crippen LogP contribution in [0.15, 0.2) is 0 Å². The molecule has 0 fully saturated rings. The van der Waals surface area contributed by atoms with Crippen LogP contribution in [0.2, 0.25) is 0 Å². The molecular weight excluding hydrogens is 127 g/mol. The van der Waals surface area contributed by atoms with Gasteiger partial charge in [-0.25, -0.2) is 0 Å². The van der Waals surface area contributed by atoms with E-state index in [1.54, 1.807) is 0 Å². The van der Waals surface area contributed by atoms with E-state index in [4.69, 9.17) is 4.79 Å². The Morgan fingerprint density at radius 3 is 1.75 bits per heavy atom. The van der Waals surface area contributed by atoms with E-state index in [-0.39, 0.29) is 22.8 Å². The summed E-state index contributed by atoms with van der Waals surface area (Å²) in [6.07, 6.45) is 0. The molecule has 0 aromatic heterocycles. The van der Waals surface area contributed by atoms with Crippen molar-refractivity contribution in [3.63, 3.8) is 0 Å². The Morgan fingerprint density at radius 2 is 1.75 bits per heavy atom. The fourth-order valence-corrected chi connectivity index (χ4v) is 0. The third-order valence-corrected chi connectivity index (χ3v) is 0. The molecule has 3 heteroatoms. The van der Waals surface area contributed by atoms with Crippen LogP contribution in [0.5, 0.6) is 0 Å². The Bertz CT molecular complexity index is 15.5. The van der Waals surface area contributed by atoms with Crippen LogP contribution in [-0.2, 0) is 21.9 Å². The van der Waals surface area contributed by atoms with Crippen molar-refractivity contribution in [3.8, 4) is 0 Å². The molecule has 0 spiro atoms. The molecule has 0 aliphatic heterocycles. The zero-order chi connectivity index (χ0) is 2.71. The molecule has 0 N–H and O–H groups in total. The third-order valence-electron chi connectivity index (χ3n) is 0. The SMILES string of the molecule is O=CCl.[Cu]. The topological polar surface area (TPSA) is 17.1 Å². The van der Waals surface area contributed by atoms with Crippen LogP contribution < -0.4 is 0 Å². The average Bonchev–Trinajstić information content (AvgIpc) is 0.918. The molecule has 1 radical (unpaired) electrons. The van der Waals surface area contributed by atoms with Gasteiger partial charge in [-0.15, -0.1) is 0 Å². The van der Waals surface area contributed by atoms with Crippen molar-refractivity contribution in [2.45, 2.75) is 0 Å². The zero-order valence-corrected chi connectivity index (χ0v) is 3.36. The van der Waals surface area contributed by atoms with Crippen molar-refractivity contribution in [1.29, 1.82) is 0 Å². The average molecular weight is 128 g/mol. The molecule has 0 saturated carbocycles. The smallest absolute Gasteiger partial charge is 0.208 e. The summed E-state index contributed by atoms with van der Waals surface area (Å²) < 4.78 is 0. The Morgan fingerprint density at radius 1 is 1.75 bits per heavy atom. The van der Waals surface area contributed by atoms with E-state index in [0.29, 0.717) is 0 Å². The van der Waals surface area contributed by atoms with Crippen LogP contribution in [0.25, 0.3) is 0 Å². The van der Waals surface area contributed by atoms with Crippen LogP contribution in [0.3, 0.4) is 0 Å². The molecule has 1 nitrogen and oxygen atoms in total. The molecule has 4 heavy (non-hydrogen) atoms. The minimum Gasteiger partial charge on any atom is -0.285 e. The first-order chi connectivity index (χ1) is 1.41. The summed E-state index contributed by atoms with van der Waals surface area (Å²) in [6.45, 7) is 0. The standard InChI is InChI=1S/CHClO.Cu/c2-1-3;/h1H;. The van der Waals surface area contributed by atoms with Crippen LogP contribution in [0.1, 0.15) is 0 Å². The number of halogens is 1. The van der Waals surface area contributed by atoms with E-state index in [1.807, 2.05) is 0 Å². The van der Waals surface area contributed by atoms with E-state index >= 15 is 0 Å². The molecule has 0 aromatic rings. The van der Waals surface area contributed by atoms with Crippen molar-refractivity contribution >= 4 is 17.3 Å². The van der Waals surface area contributed by atoms with Gasteiger partial charge in [0, 0.05) is 17.1 Å². The van der Waals surface area contributed by atoms with Gasteiger partial charge in [-0.2, -0.15) is 0 Å². The predicted molar refractivity (Wildman–Crippen MR) is 12.6 cm³/mol. The van der Waals surface area contributed by atoms with Gasteiger partial charge in [-0.05, 0) is 11.6 Å². The minimum absolute atomic E-state index is 0. The summed E-state index contributed by atoms with van der Waals surface area (Å²) in [6, 6.07) is 0. The second-order valence-electron chi connectivity index (χ2n) is 0.0891. The Balaban J connectivity index is 0. The van der Waals surface area contributed by atoms with Crippen LogP contribution in [0, 0.1) is 0 Å². The molecule has 0 atom stereocenters. The maximum Gasteiger partial charge on any atom is 0.208 e. The minimum atomic E-state index is 0. The van der Waals surface area contributed by atoms with Crippen molar-refractivity contribution in [1.82, 2.24) is 0 Å². The van der Waals surface area contributed by atoms with Crippen molar-refractivity contribution in [2.24, 2.45) is 0 Å². The van der Waals surface area contributed by atoms with Gasteiger partial charge in [0.1, 0.15) is 0 Å². The summed E-state index contributed by atoms with van der Waals surface area (Å²) >= 11 is 4.32. The van der Waals surface area contributed by atoms with Gasteiger partial charge in [-0.1, -0.05) is 0 Å². The molecule has 29 valence electrons. The largest absolute Gasteiger partial charge is 0.285 e. The molecule has 0 aliphatic rings. The van der Waals surface area contributed by atoms with Gasteiger partial charge in [-0.3, -0.25) is 4.79 Å². The van der Waals surface area contributed by atoms with E-state index in [0.717, 1.165) is 0 Å². The van der Waals surface area contributed by atoms with E-state index < -0.39 is 0 Å². The molecule has 0 aliphatic carbocycles. The molecule has 0 aromatic carbocycles. The van der Waals surface area contributed by atoms with E-state index in [2.05, 4.69) is 11.6 Å². The number of carbonyl (C=O) groups excluding carboxylic acids is 1. The van der Waals surface area contributed by atoms with Gasteiger partial charge in [0.25, 0.3) is 0 Å². The van der Waals surface area contributed by atoms with Crippen LogP contribution >= 0.6 is 11.6 Å². The maximum absolute atomic E-state index is 8.57. The third kappa shape index (κ3) is 23.6. The first-order valence-electron chi connectivity index (χ1n) is 0.454. The summed E-state index contributed by atoms with van der Waals surface area (Å²) in [4.78, 5) is 8.57. The van der Waals surface area contributed by atoms with Gasteiger partial charge >= 0.3 is 0 Å². The fraction of sp³-hybridized carbons (Fsp3) is 0. The zero-order valence-electron chi connectivity index (χ0n) is 1.67. The maximum atomic E-state index is 8.57. The summed E-state index contributed by atoms with van der Waals surface area (Å²) in [5, 5.41) is 0. The number of carbonyl (C=O) groups is 1. The second kappa shape index (κ2) is 9.77. The van der Waals surface area contributed by atoms with Gasteiger partial charge in [0.05, 0.1) is 0 Å². The number of hydrogen-bond acceptors (Lipinski definition) is 1. The van der Waals surface area contributed by atoms with E-state index in [1.165, 1.54) is 0 Å². The molecular formula is CHClCuO. The normalized spacial score (nSPS) is 3.25. The first kappa shape index (κ1) is 8.82. The quantitative estimate of drug-likeness (QED) is 0.262. The first-order valence-corrected chi connectivity index (χ1v) is 0.890. The van der Waals surface area contributed by atoms with Crippen LogP contribution in [-0.4, -0.2) is 5.75 Å². The van der Waals surface area contributed by atoms with Gasteiger partial charge < -0.3 is 0 Å². The molecule has 0 bridgehead atoms. The molecule has 0 amide bonds. The molecule has 0 rings (SSSR count). The van der Waals surface area contributed by atoms with Gasteiger partial charge in [0.2, 0.25) is 5.75 Å². The van der Waals surface area contributed by atoms with Crippen molar-refractivity contribution in [2.75, 3.05) is 0 Å². The van der Waals surface area contributed by atoms with Crippen molar-refractivity contribution < 1.29 is 21.9 Å². The molecule has 0 saturated heterocycles. The van der Waals surface area contributed by atoms with E-state index in [9.17, 15) is 0 Å².